The molecule has 1 aliphatic heterocycles. The van der Waals surface area contributed by atoms with E-state index in [-0.39, 0.29) is 25.4 Å². The van der Waals surface area contributed by atoms with Crippen LogP contribution < -0.4 is 0 Å². The number of sulfonamides is 1. The predicted octanol–water partition coefficient (Wildman–Crippen LogP) is 1.08. The smallest absolute Gasteiger partial charge is 0.260 e. The van der Waals surface area contributed by atoms with Gasteiger partial charge in [-0.15, -0.1) is 0 Å². The van der Waals surface area contributed by atoms with Crippen LogP contribution in [0, 0.1) is 18.6 Å². The van der Waals surface area contributed by atoms with Gasteiger partial charge < -0.3 is 9.63 Å². The lowest BCUT2D eigenvalue weighted by atomic mass is 10.0. The standard InChI is InChI=1S/C14H15F2N3O4S/c1-9-17-13(23-18-9)14(20)5-6-19(8-14)24(21,22)7-10-11(15)3-2-4-12(10)16/h2-4,20H,5-8H2,1H3/t14-/m1/s1. The van der Waals surface area contributed by atoms with Crippen molar-refractivity contribution in [2.24, 2.45) is 0 Å². The lowest BCUT2D eigenvalue weighted by molar-refractivity contribution is 0.0194. The monoisotopic (exact) mass is 359 g/mol. The number of rotatable bonds is 4. The molecule has 7 nitrogen and oxygen atoms in total. The lowest BCUT2D eigenvalue weighted by Crippen LogP contribution is -2.35. The summed E-state index contributed by atoms with van der Waals surface area (Å²) in [7, 11) is -4.03. The normalized spacial score (nSPS) is 22.2. The Kier molecular flexibility index (Phi) is 4.14. The summed E-state index contributed by atoms with van der Waals surface area (Å²) in [5, 5.41) is 14.1. The summed E-state index contributed by atoms with van der Waals surface area (Å²) in [4.78, 5) is 3.92. The Morgan fingerprint density at radius 2 is 2.04 bits per heavy atom. The second kappa shape index (κ2) is 5.87. The number of aromatic nitrogens is 2. The Hall–Kier alpha value is -1.91. The summed E-state index contributed by atoms with van der Waals surface area (Å²) < 4.78 is 58.1. The van der Waals surface area contributed by atoms with Gasteiger partial charge in [0.05, 0.1) is 12.3 Å². The molecule has 1 aliphatic rings. The molecule has 0 amide bonds. The highest BCUT2D eigenvalue weighted by Crippen LogP contribution is 2.33. The zero-order valence-corrected chi connectivity index (χ0v) is 13.6. The van der Waals surface area contributed by atoms with Crippen molar-refractivity contribution in [3.05, 3.63) is 47.1 Å². The van der Waals surface area contributed by atoms with Crippen LogP contribution in [0.5, 0.6) is 0 Å². The molecule has 1 aromatic carbocycles. The Bertz CT molecular complexity index is 850. The molecule has 2 aromatic rings. The minimum absolute atomic E-state index is 0.0175. The first-order chi connectivity index (χ1) is 11.2. The molecule has 0 spiro atoms. The Morgan fingerprint density at radius 3 is 2.62 bits per heavy atom. The van der Waals surface area contributed by atoms with Gasteiger partial charge in [0.2, 0.25) is 10.0 Å². The molecule has 10 heteroatoms. The van der Waals surface area contributed by atoms with Gasteiger partial charge in [-0.25, -0.2) is 17.2 Å². The molecule has 0 aliphatic carbocycles. The van der Waals surface area contributed by atoms with Gasteiger partial charge in [0.25, 0.3) is 5.89 Å². The summed E-state index contributed by atoms with van der Waals surface area (Å²) >= 11 is 0. The van der Waals surface area contributed by atoms with Crippen LogP contribution in [0.15, 0.2) is 22.7 Å². The van der Waals surface area contributed by atoms with Gasteiger partial charge in [-0.3, -0.25) is 0 Å². The molecule has 0 unspecified atom stereocenters. The first-order valence-electron chi connectivity index (χ1n) is 7.15. The summed E-state index contributed by atoms with van der Waals surface area (Å²) in [6.45, 7) is 1.24. The fourth-order valence-corrected chi connectivity index (χ4v) is 4.20. The highest BCUT2D eigenvalue weighted by molar-refractivity contribution is 7.88. The molecule has 1 fully saturated rings. The van der Waals surface area contributed by atoms with E-state index in [1.807, 2.05) is 0 Å². The zero-order chi connectivity index (χ0) is 17.5. The van der Waals surface area contributed by atoms with Crippen LogP contribution in [0.3, 0.4) is 0 Å². The lowest BCUT2D eigenvalue weighted by Gasteiger charge is -2.20. The highest BCUT2D eigenvalue weighted by atomic mass is 32.2. The van der Waals surface area contributed by atoms with Gasteiger partial charge in [0.15, 0.2) is 11.4 Å². The number of aryl methyl sites for hydroxylation is 1. The van der Waals surface area contributed by atoms with Crippen molar-refractivity contribution in [2.45, 2.75) is 24.7 Å². The van der Waals surface area contributed by atoms with Gasteiger partial charge >= 0.3 is 0 Å². The molecule has 1 saturated heterocycles. The Labute approximate surface area is 137 Å². The van der Waals surface area contributed by atoms with E-state index in [1.54, 1.807) is 6.92 Å². The molecule has 0 bridgehead atoms. The van der Waals surface area contributed by atoms with E-state index < -0.39 is 38.6 Å². The average Bonchev–Trinajstić information content (AvgIpc) is 3.11. The van der Waals surface area contributed by atoms with E-state index >= 15 is 0 Å². The maximum absolute atomic E-state index is 13.7. The number of β-amino-alcohol motifs (C(OH)–C–C–N with tert-alkyl or cyclic N) is 1. The summed E-state index contributed by atoms with van der Waals surface area (Å²) in [5.41, 5.74) is -2.14. The third-order valence-electron chi connectivity index (χ3n) is 3.92. The van der Waals surface area contributed by atoms with Crippen LogP contribution in [0.25, 0.3) is 0 Å². The van der Waals surface area contributed by atoms with Gasteiger partial charge in [0, 0.05) is 18.5 Å². The quantitative estimate of drug-likeness (QED) is 0.877. The fourth-order valence-electron chi connectivity index (χ4n) is 2.60. The van der Waals surface area contributed by atoms with Gasteiger partial charge in [-0.1, -0.05) is 11.2 Å². The summed E-state index contributed by atoms with van der Waals surface area (Å²) in [5.74, 6) is -2.45. The molecule has 2 heterocycles. The predicted molar refractivity (Wildman–Crippen MR) is 78.1 cm³/mol. The van der Waals surface area contributed by atoms with E-state index in [0.29, 0.717) is 5.82 Å². The third kappa shape index (κ3) is 3.04. The minimum Gasteiger partial charge on any atom is -0.379 e. The molecular weight excluding hydrogens is 344 g/mol. The molecule has 0 saturated carbocycles. The molecule has 1 N–H and O–H groups in total. The van der Waals surface area contributed by atoms with Crippen LogP contribution in [-0.2, 0) is 21.4 Å². The topological polar surface area (TPSA) is 96.5 Å². The summed E-state index contributed by atoms with van der Waals surface area (Å²) in [6, 6.07) is 3.15. The second-order valence-corrected chi connectivity index (χ2v) is 7.69. The number of hydrogen-bond acceptors (Lipinski definition) is 6. The number of halogens is 2. The third-order valence-corrected chi connectivity index (χ3v) is 5.67. The average molecular weight is 359 g/mol. The van der Waals surface area contributed by atoms with Crippen LogP contribution in [0.4, 0.5) is 8.78 Å². The largest absolute Gasteiger partial charge is 0.379 e. The van der Waals surface area contributed by atoms with Gasteiger partial charge in [-0.2, -0.15) is 9.29 Å². The second-order valence-electron chi connectivity index (χ2n) is 5.72. The fraction of sp³-hybridized carbons (Fsp3) is 0.429. The van der Waals surface area contributed by atoms with Crippen molar-refractivity contribution in [1.29, 1.82) is 0 Å². The summed E-state index contributed by atoms with van der Waals surface area (Å²) in [6.07, 6.45) is 0.0492. The molecule has 24 heavy (non-hydrogen) atoms. The maximum Gasteiger partial charge on any atom is 0.260 e. The highest BCUT2D eigenvalue weighted by Gasteiger charge is 2.46. The van der Waals surface area contributed by atoms with E-state index in [4.69, 9.17) is 4.52 Å². The van der Waals surface area contributed by atoms with Gasteiger partial charge in [0.1, 0.15) is 11.6 Å². The first-order valence-corrected chi connectivity index (χ1v) is 8.76. The maximum atomic E-state index is 13.7. The Morgan fingerprint density at radius 1 is 1.38 bits per heavy atom. The number of aliphatic hydroxyl groups is 1. The first kappa shape index (κ1) is 16.9. The van der Waals surface area contributed by atoms with E-state index in [9.17, 15) is 22.3 Å². The molecule has 3 rings (SSSR count). The molecule has 130 valence electrons. The van der Waals surface area contributed by atoms with Crippen LogP contribution in [-0.4, -0.2) is 41.1 Å². The van der Waals surface area contributed by atoms with Crippen LogP contribution in [0.2, 0.25) is 0 Å². The van der Waals surface area contributed by atoms with Crippen LogP contribution >= 0.6 is 0 Å². The van der Waals surface area contributed by atoms with Crippen molar-refractivity contribution < 1.29 is 26.8 Å². The zero-order valence-electron chi connectivity index (χ0n) is 12.7. The number of nitrogens with zero attached hydrogens (tertiary/aromatic N) is 3. The van der Waals surface area contributed by atoms with Crippen molar-refractivity contribution in [2.75, 3.05) is 13.1 Å². The molecular formula is C14H15F2N3O4S. The number of hydrogen-bond donors (Lipinski definition) is 1. The molecule has 1 aromatic heterocycles. The van der Waals surface area contributed by atoms with Gasteiger partial charge in [-0.05, 0) is 19.1 Å². The van der Waals surface area contributed by atoms with Crippen molar-refractivity contribution >= 4 is 10.0 Å². The number of benzene rings is 1. The van der Waals surface area contributed by atoms with E-state index in [0.717, 1.165) is 22.5 Å². The van der Waals surface area contributed by atoms with Crippen molar-refractivity contribution in [3.63, 3.8) is 0 Å². The minimum atomic E-state index is -4.03. The Balaban J connectivity index is 1.82. The van der Waals surface area contributed by atoms with Crippen LogP contribution in [0.1, 0.15) is 23.7 Å². The van der Waals surface area contributed by atoms with E-state index in [2.05, 4.69) is 10.1 Å². The SMILES string of the molecule is Cc1noc([C@@]2(O)CCN(S(=O)(=O)Cc3c(F)cccc3F)C2)n1. The molecule has 1 atom stereocenters. The van der Waals surface area contributed by atoms with Crippen molar-refractivity contribution in [3.8, 4) is 0 Å². The van der Waals surface area contributed by atoms with Crippen molar-refractivity contribution in [1.82, 2.24) is 14.4 Å². The molecule has 0 radical (unpaired) electrons. The van der Waals surface area contributed by atoms with E-state index in [1.165, 1.54) is 0 Å².